The van der Waals surface area contributed by atoms with E-state index in [1.165, 1.54) is 22.5 Å². The van der Waals surface area contributed by atoms with E-state index in [0.717, 1.165) is 22.5 Å². The highest BCUT2D eigenvalue weighted by molar-refractivity contribution is 8.00. The normalized spacial score (nSPS) is 22.7. The van der Waals surface area contributed by atoms with Gasteiger partial charge in [0, 0.05) is 50.9 Å². The van der Waals surface area contributed by atoms with Crippen molar-refractivity contribution < 1.29 is 51.5 Å². The molecule has 4 aliphatic heterocycles. The van der Waals surface area contributed by atoms with Gasteiger partial charge in [-0.15, -0.1) is 11.8 Å². The first-order valence-electron chi connectivity index (χ1n) is 19.1. The minimum absolute atomic E-state index is 0.0194. The number of imide groups is 2. The highest BCUT2D eigenvalue weighted by atomic mass is 32.2. The quantitative estimate of drug-likeness (QED) is 0.0984. The zero-order chi connectivity index (χ0) is 41.4. The SMILES string of the molecule is CS(=O)(=O)N1CCC(C(=O)N[C@@H](CCOCCCC(=O)NCCOc2ccc3c(c2)C(=O)N(C2CCC(=O)NC2=O)C3=O)C(=O)NC2NC(c3ccccc3)CS2)C1. The number of hydrogen-bond donors (Lipinski definition) is 5. The third-order valence-corrected chi connectivity index (χ3v) is 12.6. The second-order valence-corrected chi connectivity index (χ2v) is 17.5. The van der Waals surface area contributed by atoms with Crippen LogP contribution in [0.3, 0.4) is 0 Å². The Morgan fingerprint density at radius 2 is 1.76 bits per heavy atom. The van der Waals surface area contributed by atoms with Crippen LogP contribution in [0.4, 0.5) is 0 Å². The van der Waals surface area contributed by atoms with E-state index in [0.29, 0.717) is 18.6 Å². The maximum absolute atomic E-state index is 13.5. The van der Waals surface area contributed by atoms with Gasteiger partial charge in [-0.3, -0.25) is 49.1 Å². The first kappa shape index (κ1) is 42.7. The predicted octanol–water partition coefficient (Wildman–Crippen LogP) is 0.0135. The topological polar surface area (TPSA) is 239 Å². The Morgan fingerprint density at radius 3 is 2.50 bits per heavy atom. The summed E-state index contributed by atoms with van der Waals surface area (Å²) < 4.78 is 36.7. The summed E-state index contributed by atoms with van der Waals surface area (Å²) >= 11 is 1.54. The van der Waals surface area contributed by atoms with Crippen LogP contribution in [-0.2, 0) is 38.7 Å². The van der Waals surface area contributed by atoms with Gasteiger partial charge < -0.3 is 25.4 Å². The number of piperidine rings is 1. The molecule has 4 unspecified atom stereocenters. The molecule has 4 heterocycles. The van der Waals surface area contributed by atoms with Gasteiger partial charge in [-0.2, -0.15) is 0 Å². The van der Waals surface area contributed by atoms with Crippen molar-refractivity contribution in [3.63, 3.8) is 0 Å². The Balaban J connectivity index is 0.902. The van der Waals surface area contributed by atoms with E-state index in [9.17, 15) is 42.0 Å². The van der Waals surface area contributed by atoms with Gasteiger partial charge in [0.05, 0.1) is 29.8 Å². The molecule has 18 nitrogen and oxygen atoms in total. The predicted molar refractivity (Wildman–Crippen MR) is 209 cm³/mol. The number of carbonyl (C=O) groups is 7. The molecule has 0 radical (unpaired) electrons. The van der Waals surface area contributed by atoms with Gasteiger partial charge >= 0.3 is 0 Å². The molecular formula is C38H47N7O11S2. The minimum atomic E-state index is -3.45. The number of nitrogens with one attached hydrogen (secondary N) is 5. The number of fused-ring (bicyclic) bond motifs is 1. The molecular weight excluding hydrogens is 795 g/mol. The molecule has 0 spiro atoms. The lowest BCUT2D eigenvalue weighted by atomic mass is 10.0. The average Bonchev–Trinajstić information content (AvgIpc) is 3.94. The van der Waals surface area contributed by atoms with Crippen molar-refractivity contribution in [1.29, 1.82) is 0 Å². The van der Waals surface area contributed by atoms with Gasteiger partial charge in [0.25, 0.3) is 11.8 Å². The number of carbonyl (C=O) groups excluding carboxylic acids is 7. The summed E-state index contributed by atoms with van der Waals surface area (Å²) in [6.45, 7) is 0.846. The summed E-state index contributed by atoms with van der Waals surface area (Å²) in [5.74, 6) is -3.02. The van der Waals surface area contributed by atoms with Crippen molar-refractivity contribution in [2.45, 2.75) is 62.1 Å². The smallest absolute Gasteiger partial charge is 0.262 e. The van der Waals surface area contributed by atoms with Gasteiger partial charge in [-0.05, 0) is 49.4 Å². The zero-order valence-electron chi connectivity index (χ0n) is 31.9. The van der Waals surface area contributed by atoms with Crippen LogP contribution in [0.1, 0.15) is 70.8 Å². The number of thioether (sulfide) groups is 1. The van der Waals surface area contributed by atoms with Gasteiger partial charge in [-0.25, -0.2) is 12.7 Å². The second-order valence-electron chi connectivity index (χ2n) is 14.4. The van der Waals surface area contributed by atoms with Gasteiger partial charge in [0.1, 0.15) is 29.9 Å². The zero-order valence-corrected chi connectivity index (χ0v) is 33.5. The van der Waals surface area contributed by atoms with Crippen LogP contribution >= 0.6 is 11.8 Å². The summed E-state index contributed by atoms with van der Waals surface area (Å²) in [6, 6.07) is 12.3. The molecule has 4 aliphatic rings. The molecule has 20 heteroatoms. The highest BCUT2D eigenvalue weighted by Gasteiger charge is 2.45. The number of hydrogen-bond acceptors (Lipinski definition) is 13. The number of benzene rings is 2. The summed E-state index contributed by atoms with van der Waals surface area (Å²) in [4.78, 5) is 89.7. The van der Waals surface area contributed by atoms with E-state index in [1.807, 2.05) is 30.3 Å². The number of amides is 7. The molecule has 3 fully saturated rings. The lowest BCUT2D eigenvalue weighted by molar-refractivity contribution is -0.136. The molecule has 2 aromatic rings. The summed E-state index contributed by atoms with van der Waals surface area (Å²) in [7, 11) is -3.45. The Bertz CT molecular complexity index is 2020. The molecule has 5 N–H and O–H groups in total. The molecule has 7 amide bonds. The summed E-state index contributed by atoms with van der Waals surface area (Å²) in [5.41, 5.74) is 0.933. The molecule has 58 heavy (non-hydrogen) atoms. The summed E-state index contributed by atoms with van der Waals surface area (Å²) in [5, 5.41) is 14.1. The number of ether oxygens (including phenoxy) is 2. The third-order valence-electron chi connectivity index (χ3n) is 10.2. The molecule has 0 aliphatic carbocycles. The van der Waals surface area contributed by atoms with Crippen LogP contribution in [0.5, 0.6) is 5.75 Å². The number of sulfonamides is 1. The Labute approximate surface area is 339 Å². The molecule has 312 valence electrons. The van der Waals surface area contributed by atoms with E-state index in [1.54, 1.807) is 11.8 Å². The van der Waals surface area contributed by atoms with Crippen molar-refractivity contribution in [2.75, 3.05) is 51.5 Å². The van der Waals surface area contributed by atoms with E-state index >= 15 is 0 Å². The van der Waals surface area contributed by atoms with Gasteiger partial charge in [0.2, 0.25) is 39.6 Å². The van der Waals surface area contributed by atoms with Crippen molar-refractivity contribution in [1.82, 2.24) is 35.8 Å². The number of rotatable bonds is 18. The Morgan fingerprint density at radius 1 is 0.983 bits per heavy atom. The Hall–Kier alpha value is -4.89. The van der Waals surface area contributed by atoms with Gasteiger partial charge in [-0.1, -0.05) is 30.3 Å². The molecule has 0 saturated carbocycles. The molecule has 5 atom stereocenters. The van der Waals surface area contributed by atoms with Crippen LogP contribution < -0.4 is 31.3 Å². The third kappa shape index (κ3) is 10.8. The summed E-state index contributed by atoms with van der Waals surface area (Å²) in [6.07, 6.45) is 2.21. The van der Waals surface area contributed by atoms with E-state index < -0.39 is 63.5 Å². The minimum Gasteiger partial charge on any atom is -0.492 e. The van der Waals surface area contributed by atoms with Crippen molar-refractivity contribution in [2.24, 2.45) is 5.92 Å². The van der Waals surface area contributed by atoms with Crippen LogP contribution in [0.2, 0.25) is 0 Å². The van der Waals surface area contributed by atoms with Crippen molar-refractivity contribution >= 4 is 63.1 Å². The Kier molecular flexibility index (Phi) is 14.2. The number of nitrogens with zero attached hydrogens (tertiary/aromatic N) is 2. The van der Waals surface area contributed by atoms with Crippen molar-refractivity contribution in [3.05, 3.63) is 65.2 Å². The molecule has 0 bridgehead atoms. The maximum atomic E-state index is 13.5. The van der Waals surface area contributed by atoms with Gasteiger partial charge in [0.15, 0.2) is 0 Å². The monoisotopic (exact) mass is 841 g/mol. The van der Waals surface area contributed by atoms with Crippen LogP contribution in [0.15, 0.2) is 48.5 Å². The molecule has 3 saturated heterocycles. The first-order valence-corrected chi connectivity index (χ1v) is 22.0. The average molecular weight is 842 g/mol. The van der Waals surface area contributed by atoms with E-state index in [2.05, 4.69) is 26.6 Å². The lowest BCUT2D eigenvalue weighted by Gasteiger charge is -2.27. The standard InChI is InChI=1S/C38H47N7O11S2/c1-58(53,54)44-16-13-24(21-44)33(48)40-28(34(49)43-38-41-29(22-57-38)23-6-3-2-4-7-23)14-18-55-17-5-8-31(46)39-15-19-56-25-9-10-26-27(20-25)37(52)45(36(26)51)30-11-12-32(47)42-35(30)50/h2-4,6-7,9-10,20,24,28-30,38,41H,5,8,11-19,21-22H2,1H3,(H,39,46)(H,40,48)(H,43,49)(H,42,47,50)/t24?,28-,29?,30?,38?/m0/s1. The van der Waals surface area contributed by atoms with Crippen LogP contribution in [0, 0.1) is 5.92 Å². The largest absolute Gasteiger partial charge is 0.492 e. The fourth-order valence-electron chi connectivity index (χ4n) is 7.09. The lowest BCUT2D eigenvalue weighted by Crippen LogP contribution is -2.54. The highest BCUT2D eigenvalue weighted by Crippen LogP contribution is 2.31. The van der Waals surface area contributed by atoms with E-state index in [4.69, 9.17) is 9.47 Å². The molecule has 0 aromatic heterocycles. The van der Waals surface area contributed by atoms with E-state index in [-0.39, 0.29) is 93.7 Å². The fourth-order valence-corrected chi connectivity index (χ4v) is 9.11. The van der Waals surface area contributed by atoms with Crippen LogP contribution in [-0.4, -0.2) is 128 Å². The fraction of sp³-hybridized carbons (Fsp3) is 0.500. The first-order chi connectivity index (χ1) is 27.8. The maximum Gasteiger partial charge on any atom is 0.262 e. The second kappa shape index (κ2) is 19.2. The van der Waals surface area contributed by atoms with Crippen LogP contribution in [0.25, 0.3) is 0 Å². The molecule has 6 rings (SSSR count). The van der Waals surface area contributed by atoms with Crippen molar-refractivity contribution in [3.8, 4) is 5.75 Å². The molecule has 2 aromatic carbocycles.